The molecule has 0 aliphatic rings. The molecule has 168 valence electrons. The van der Waals surface area contributed by atoms with Crippen molar-refractivity contribution in [2.24, 2.45) is 0 Å². The average molecular weight is 455 g/mol. The van der Waals surface area contributed by atoms with Crippen LogP contribution in [0.5, 0.6) is 0 Å². The van der Waals surface area contributed by atoms with Crippen molar-refractivity contribution in [2.75, 3.05) is 11.9 Å². The van der Waals surface area contributed by atoms with E-state index in [0.29, 0.717) is 29.9 Å². The van der Waals surface area contributed by atoms with Crippen molar-refractivity contribution in [1.82, 2.24) is 19.3 Å². The number of anilines is 1. The van der Waals surface area contributed by atoms with Gasteiger partial charge in [0.15, 0.2) is 5.65 Å². The molecule has 2 aromatic heterocycles. The molecule has 0 bridgehead atoms. The maximum atomic E-state index is 12.5. The highest BCUT2D eigenvalue weighted by molar-refractivity contribution is 7.89. The molecule has 0 saturated carbocycles. The lowest BCUT2D eigenvalue weighted by Crippen LogP contribution is -2.24. The summed E-state index contributed by atoms with van der Waals surface area (Å²) in [5, 5.41) is 16.2. The lowest BCUT2D eigenvalue weighted by molar-refractivity contribution is -0.116. The van der Waals surface area contributed by atoms with Gasteiger partial charge in [-0.25, -0.2) is 22.6 Å². The number of amides is 1. The minimum absolute atomic E-state index is 0.111. The summed E-state index contributed by atoms with van der Waals surface area (Å²) in [6, 6.07) is 8.27. The number of carbonyl (C=O) groups excluding carboxylic acids is 1. The van der Waals surface area contributed by atoms with E-state index in [1.165, 1.54) is 18.3 Å². The number of aryl methyl sites for hydroxylation is 2. The summed E-state index contributed by atoms with van der Waals surface area (Å²) in [5.74, 6) is -0.240. The Morgan fingerprint density at radius 3 is 2.78 bits per heavy atom. The number of carbonyl (C=O) groups is 1. The van der Waals surface area contributed by atoms with Gasteiger partial charge in [0.25, 0.3) is 0 Å². The predicted octanol–water partition coefficient (Wildman–Crippen LogP) is 2.87. The van der Waals surface area contributed by atoms with E-state index in [4.69, 9.17) is 0 Å². The van der Waals surface area contributed by atoms with Crippen molar-refractivity contribution in [3.8, 4) is 6.07 Å². The van der Waals surface area contributed by atoms with E-state index in [0.717, 1.165) is 29.8 Å². The van der Waals surface area contributed by atoms with Crippen LogP contribution in [0, 0.1) is 25.2 Å². The number of fused-ring (bicyclic) bond motifs is 1. The molecule has 0 atom stereocenters. The molecule has 32 heavy (non-hydrogen) atoms. The first kappa shape index (κ1) is 23.4. The second-order valence-corrected chi connectivity index (χ2v) is 9.26. The van der Waals surface area contributed by atoms with Crippen LogP contribution in [0.3, 0.4) is 0 Å². The Bertz CT molecular complexity index is 1290. The SMILES string of the molecule is CCCCNS(=O)(=O)c1cccc(NC(=O)CCc2c(C)nc3c(C#N)cnn3c2C)c1. The van der Waals surface area contributed by atoms with Crippen molar-refractivity contribution in [3.05, 3.63) is 53.0 Å². The van der Waals surface area contributed by atoms with Gasteiger partial charge >= 0.3 is 0 Å². The van der Waals surface area contributed by atoms with Gasteiger partial charge in [-0.1, -0.05) is 19.4 Å². The summed E-state index contributed by atoms with van der Waals surface area (Å²) in [6.45, 7) is 6.08. The highest BCUT2D eigenvalue weighted by atomic mass is 32.2. The van der Waals surface area contributed by atoms with Crippen LogP contribution in [0.1, 0.15) is 48.7 Å². The highest BCUT2D eigenvalue weighted by Crippen LogP contribution is 2.19. The van der Waals surface area contributed by atoms with E-state index in [1.54, 1.807) is 16.6 Å². The number of nitrogens with one attached hydrogen (secondary N) is 2. The van der Waals surface area contributed by atoms with E-state index in [2.05, 4.69) is 26.2 Å². The predicted molar refractivity (Wildman–Crippen MR) is 121 cm³/mol. The van der Waals surface area contributed by atoms with Crippen molar-refractivity contribution >= 4 is 27.3 Å². The topological polar surface area (TPSA) is 129 Å². The van der Waals surface area contributed by atoms with Gasteiger partial charge in [0.2, 0.25) is 15.9 Å². The third-order valence-corrected chi connectivity index (χ3v) is 6.64. The first-order chi connectivity index (χ1) is 15.3. The van der Waals surface area contributed by atoms with Crippen LogP contribution in [-0.4, -0.2) is 35.5 Å². The van der Waals surface area contributed by atoms with E-state index >= 15 is 0 Å². The Morgan fingerprint density at radius 2 is 2.06 bits per heavy atom. The Hall–Kier alpha value is -3.29. The Morgan fingerprint density at radius 1 is 1.28 bits per heavy atom. The number of unbranched alkanes of at least 4 members (excludes halogenated alkanes) is 1. The quantitative estimate of drug-likeness (QED) is 0.478. The maximum absolute atomic E-state index is 12.5. The number of benzene rings is 1. The molecule has 0 aliphatic heterocycles. The number of nitriles is 1. The third-order valence-electron chi connectivity index (χ3n) is 5.18. The number of nitrogens with zero attached hydrogens (tertiary/aromatic N) is 4. The van der Waals surface area contributed by atoms with Crippen LogP contribution >= 0.6 is 0 Å². The van der Waals surface area contributed by atoms with E-state index < -0.39 is 10.0 Å². The first-order valence-corrected chi connectivity index (χ1v) is 11.9. The van der Waals surface area contributed by atoms with Crippen LogP contribution in [-0.2, 0) is 21.2 Å². The zero-order chi connectivity index (χ0) is 23.3. The summed E-state index contributed by atoms with van der Waals surface area (Å²) >= 11 is 0. The van der Waals surface area contributed by atoms with Crippen molar-refractivity contribution < 1.29 is 13.2 Å². The van der Waals surface area contributed by atoms with Crippen LogP contribution in [0.2, 0.25) is 0 Å². The van der Waals surface area contributed by atoms with Gasteiger partial charge in [0, 0.05) is 30.0 Å². The van der Waals surface area contributed by atoms with Gasteiger partial charge in [0.1, 0.15) is 11.6 Å². The lowest BCUT2D eigenvalue weighted by atomic mass is 10.1. The summed E-state index contributed by atoms with van der Waals surface area (Å²) in [7, 11) is -3.62. The van der Waals surface area contributed by atoms with Crippen LogP contribution in [0.15, 0.2) is 35.4 Å². The second-order valence-electron chi connectivity index (χ2n) is 7.49. The summed E-state index contributed by atoms with van der Waals surface area (Å²) in [4.78, 5) is 17.1. The molecule has 0 spiro atoms. The Labute approximate surface area is 187 Å². The lowest BCUT2D eigenvalue weighted by Gasteiger charge is -2.12. The molecule has 0 fully saturated rings. The van der Waals surface area contributed by atoms with Gasteiger partial charge in [0.05, 0.1) is 11.1 Å². The molecular weight excluding hydrogens is 428 g/mol. The Balaban J connectivity index is 1.69. The largest absolute Gasteiger partial charge is 0.326 e. The number of hydrogen-bond acceptors (Lipinski definition) is 6. The standard InChI is InChI=1S/C22H26N6O3S/c1-4-5-11-25-32(30,31)19-8-6-7-18(12-19)27-21(29)10-9-20-15(2)26-22-17(13-23)14-24-28(22)16(20)3/h6-8,12,14,25H,4-5,9-11H2,1-3H3,(H,27,29). The van der Waals surface area contributed by atoms with Gasteiger partial charge in [-0.2, -0.15) is 10.4 Å². The van der Waals surface area contributed by atoms with Gasteiger partial charge < -0.3 is 5.32 Å². The molecule has 3 rings (SSSR count). The fraction of sp³-hybridized carbons (Fsp3) is 0.364. The molecule has 1 amide bonds. The minimum atomic E-state index is -3.62. The fourth-order valence-electron chi connectivity index (χ4n) is 3.42. The minimum Gasteiger partial charge on any atom is -0.326 e. The summed E-state index contributed by atoms with van der Waals surface area (Å²) < 4.78 is 29.0. The number of hydrogen-bond donors (Lipinski definition) is 2. The number of aromatic nitrogens is 3. The van der Waals surface area contributed by atoms with Crippen molar-refractivity contribution in [3.63, 3.8) is 0 Å². The molecule has 9 nitrogen and oxygen atoms in total. The summed E-state index contributed by atoms with van der Waals surface area (Å²) in [5.41, 5.74) is 3.78. The number of sulfonamides is 1. The fourth-order valence-corrected chi connectivity index (χ4v) is 4.54. The molecule has 0 radical (unpaired) electrons. The van der Waals surface area contributed by atoms with Crippen LogP contribution in [0.4, 0.5) is 5.69 Å². The Kier molecular flexibility index (Phi) is 7.22. The smallest absolute Gasteiger partial charge is 0.240 e. The zero-order valence-electron chi connectivity index (χ0n) is 18.3. The molecule has 2 heterocycles. The van der Waals surface area contributed by atoms with E-state index in [1.807, 2.05) is 20.8 Å². The number of rotatable bonds is 9. The average Bonchev–Trinajstić information content (AvgIpc) is 3.17. The summed E-state index contributed by atoms with van der Waals surface area (Å²) in [6.07, 6.45) is 3.74. The normalized spacial score (nSPS) is 11.4. The molecule has 1 aromatic carbocycles. The monoisotopic (exact) mass is 454 g/mol. The van der Waals surface area contributed by atoms with E-state index in [9.17, 15) is 18.5 Å². The molecular formula is C22H26N6O3S. The van der Waals surface area contributed by atoms with Crippen LogP contribution < -0.4 is 10.0 Å². The molecule has 0 saturated heterocycles. The molecule has 0 aliphatic carbocycles. The second kappa shape index (κ2) is 9.89. The van der Waals surface area contributed by atoms with Gasteiger partial charge in [-0.05, 0) is 50.5 Å². The molecule has 3 aromatic rings. The highest BCUT2D eigenvalue weighted by Gasteiger charge is 2.16. The van der Waals surface area contributed by atoms with Crippen molar-refractivity contribution in [1.29, 1.82) is 5.26 Å². The van der Waals surface area contributed by atoms with Crippen LogP contribution in [0.25, 0.3) is 5.65 Å². The molecule has 2 N–H and O–H groups in total. The van der Waals surface area contributed by atoms with Gasteiger partial charge in [-0.3, -0.25) is 4.79 Å². The zero-order valence-corrected chi connectivity index (χ0v) is 19.2. The first-order valence-electron chi connectivity index (χ1n) is 10.4. The van der Waals surface area contributed by atoms with Gasteiger partial charge in [-0.15, -0.1) is 0 Å². The third kappa shape index (κ3) is 5.12. The molecule has 0 unspecified atom stereocenters. The maximum Gasteiger partial charge on any atom is 0.240 e. The molecule has 10 heteroatoms. The van der Waals surface area contributed by atoms with E-state index in [-0.39, 0.29) is 17.2 Å². The van der Waals surface area contributed by atoms with Crippen molar-refractivity contribution in [2.45, 2.75) is 51.3 Å².